The lowest BCUT2D eigenvalue weighted by molar-refractivity contribution is 0.134. The number of benzene rings is 5. The number of aromatic nitrogens is 1. The molecule has 2 heteroatoms. The van der Waals surface area contributed by atoms with Crippen LogP contribution in [0.2, 0.25) is 0 Å². The Labute approximate surface area is 330 Å². The molecule has 2 nitrogen and oxygen atoms in total. The third-order valence-corrected chi connectivity index (χ3v) is 9.38. The molecule has 1 aromatic heterocycles. The summed E-state index contributed by atoms with van der Waals surface area (Å²) in [5.41, 5.74) is 6.79. The van der Waals surface area contributed by atoms with Crippen LogP contribution in [0.15, 0.2) is 158 Å². The molecular formula is C52H71NO. The van der Waals surface area contributed by atoms with E-state index in [9.17, 15) is 0 Å². The first-order valence-corrected chi connectivity index (χ1v) is 20.9. The fourth-order valence-electron chi connectivity index (χ4n) is 6.16. The molecule has 0 aliphatic heterocycles. The van der Waals surface area contributed by atoms with Crippen LogP contribution in [0.25, 0.3) is 10.9 Å². The molecule has 0 atom stereocenters. The van der Waals surface area contributed by atoms with Gasteiger partial charge in [0.15, 0.2) is 0 Å². The second-order valence-corrected chi connectivity index (χ2v) is 13.7. The highest BCUT2D eigenvalue weighted by molar-refractivity contribution is 5.82. The van der Waals surface area contributed by atoms with Crippen molar-refractivity contribution in [3.63, 3.8) is 0 Å². The Morgan fingerprint density at radius 3 is 1.46 bits per heavy atom. The van der Waals surface area contributed by atoms with Crippen molar-refractivity contribution in [3.05, 3.63) is 180 Å². The first-order valence-electron chi connectivity index (χ1n) is 20.9. The number of hydrogen-bond acceptors (Lipinski definition) is 1. The summed E-state index contributed by atoms with van der Waals surface area (Å²) >= 11 is 0. The van der Waals surface area contributed by atoms with Gasteiger partial charge in [-0.2, -0.15) is 0 Å². The molecule has 54 heavy (non-hydrogen) atoms. The Bertz CT molecular complexity index is 1550. The van der Waals surface area contributed by atoms with Gasteiger partial charge in [-0.3, -0.25) is 0 Å². The average molecular weight is 726 g/mol. The van der Waals surface area contributed by atoms with E-state index in [-0.39, 0.29) is 0 Å². The summed E-state index contributed by atoms with van der Waals surface area (Å²) in [7, 11) is 0. The minimum Gasteiger partial charge on any atom is -0.377 e. The van der Waals surface area contributed by atoms with Crippen molar-refractivity contribution in [2.24, 2.45) is 5.92 Å². The molecule has 0 bridgehead atoms. The van der Waals surface area contributed by atoms with Gasteiger partial charge in [-0.05, 0) is 66.8 Å². The molecule has 1 aliphatic carbocycles. The standard InChI is InChI=1S/C10H11N.C10H14.C9H12O.C9H12.C8H16.C6H6/c1-2-8-7-11-10-6-4-3-5-9(8)10;1-2-3-7-10-8-5-4-6-9-10;1-2-10-8-9-6-4-3-5-7-9;1-2-6-9-7-4-3-5-8-9;1-2-8-6-4-3-5-7-8;1-2-4-6-5-3-1/h3-7,11H,2H2,1H3;4-6,8-9H,2-3,7H2,1H3;3-7H,2,8H2,1H3;3-5,7-8H,2,6H2,1H3;8H,2-7H2,1H3;1-6H. The highest BCUT2D eigenvalue weighted by Gasteiger charge is 2.09. The van der Waals surface area contributed by atoms with Crippen molar-refractivity contribution in [1.82, 2.24) is 4.98 Å². The topological polar surface area (TPSA) is 25.0 Å². The van der Waals surface area contributed by atoms with Crippen molar-refractivity contribution in [3.8, 4) is 0 Å². The molecule has 1 heterocycles. The highest BCUT2D eigenvalue weighted by Crippen LogP contribution is 2.25. The summed E-state index contributed by atoms with van der Waals surface area (Å²) in [6, 6.07) is 51.8. The Balaban J connectivity index is 0.000000226. The number of nitrogens with one attached hydrogen (secondary N) is 1. The van der Waals surface area contributed by atoms with E-state index < -0.39 is 0 Å². The van der Waals surface area contributed by atoms with E-state index >= 15 is 0 Å². The van der Waals surface area contributed by atoms with Crippen LogP contribution in [0.1, 0.15) is 115 Å². The fourth-order valence-corrected chi connectivity index (χ4v) is 6.16. The fraction of sp³-hybridized carbons (Fsp3) is 0.385. The van der Waals surface area contributed by atoms with Gasteiger partial charge in [0.1, 0.15) is 0 Å². The third kappa shape index (κ3) is 22.0. The van der Waals surface area contributed by atoms with E-state index in [2.05, 4.69) is 136 Å². The van der Waals surface area contributed by atoms with Crippen molar-refractivity contribution in [1.29, 1.82) is 0 Å². The lowest BCUT2D eigenvalue weighted by Crippen LogP contribution is -2.03. The van der Waals surface area contributed by atoms with E-state index in [1.54, 1.807) is 0 Å². The minimum absolute atomic E-state index is 0.733. The van der Waals surface area contributed by atoms with Crippen molar-refractivity contribution in [2.75, 3.05) is 6.61 Å². The predicted molar refractivity (Wildman–Crippen MR) is 238 cm³/mol. The molecule has 290 valence electrons. The molecule has 1 aliphatic rings. The number of H-pyrrole nitrogens is 1. The summed E-state index contributed by atoms with van der Waals surface area (Å²) < 4.78 is 5.22. The van der Waals surface area contributed by atoms with E-state index in [1.807, 2.05) is 61.5 Å². The van der Waals surface area contributed by atoms with Gasteiger partial charge in [0.25, 0.3) is 0 Å². The second kappa shape index (κ2) is 32.1. The van der Waals surface area contributed by atoms with Gasteiger partial charge in [0.05, 0.1) is 6.61 Å². The van der Waals surface area contributed by atoms with Crippen LogP contribution in [0.5, 0.6) is 0 Å². The maximum atomic E-state index is 5.22. The van der Waals surface area contributed by atoms with E-state index in [0.717, 1.165) is 25.6 Å². The van der Waals surface area contributed by atoms with E-state index in [4.69, 9.17) is 4.74 Å². The molecule has 5 aromatic carbocycles. The van der Waals surface area contributed by atoms with Crippen LogP contribution >= 0.6 is 0 Å². The summed E-state index contributed by atoms with van der Waals surface area (Å²) in [6.07, 6.45) is 18.4. The summed E-state index contributed by atoms with van der Waals surface area (Å²) in [5, 5.41) is 1.36. The van der Waals surface area contributed by atoms with Gasteiger partial charge in [-0.1, -0.05) is 225 Å². The van der Waals surface area contributed by atoms with Crippen LogP contribution < -0.4 is 0 Å². The zero-order valence-electron chi connectivity index (χ0n) is 34.4. The third-order valence-electron chi connectivity index (χ3n) is 9.38. The monoisotopic (exact) mass is 726 g/mol. The van der Waals surface area contributed by atoms with Crippen molar-refractivity contribution >= 4 is 10.9 Å². The summed E-state index contributed by atoms with van der Waals surface area (Å²) in [4.78, 5) is 3.24. The minimum atomic E-state index is 0.733. The molecule has 0 spiro atoms. The van der Waals surface area contributed by atoms with Gasteiger partial charge in [0.2, 0.25) is 0 Å². The van der Waals surface area contributed by atoms with Gasteiger partial charge >= 0.3 is 0 Å². The van der Waals surface area contributed by atoms with Crippen LogP contribution in [0, 0.1) is 5.92 Å². The van der Waals surface area contributed by atoms with E-state index in [0.29, 0.717) is 0 Å². The normalized spacial score (nSPS) is 11.7. The average Bonchev–Trinajstić information content (AvgIpc) is 3.69. The molecule has 0 amide bonds. The number of unbranched alkanes of at least 4 members (excludes halogenated alkanes) is 1. The maximum Gasteiger partial charge on any atom is 0.0716 e. The largest absolute Gasteiger partial charge is 0.377 e. The smallest absolute Gasteiger partial charge is 0.0716 e. The molecule has 7 rings (SSSR count). The Morgan fingerprint density at radius 1 is 0.519 bits per heavy atom. The van der Waals surface area contributed by atoms with Gasteiger partial charge in [-0.25, -0.2) is 0 Å². The molecule has 1 saturated carbocycles. The quantitative estimate of drug-likeness (QED) is 0.149. The van der Waals surface area contributed by atoms with Crippen LogP contribution in [0.3, 0.4) is 0 Å². The number of aromatic amines is 1. The molecule has 1 N–H and O–H groups in total. The van der Waals surface area contributed by atoms with Gasteiger partial charge in [0, 0.05) is 23.7 Å². The van der Waals surface area contributed by atoms with Gasteiger partial charge < -0.3 is 9.72 Å². The van der Waals surface area contributed by atoms with Crippen molar-refractivity contribution < 1.29 is 4.74 Å². The van der Waals surface area contributed by atoms with Crippen LogP contribution in [-0.2, 0) is 30.6 Å². The predicted octanol–water partition coefficient (Wildman–Crippen LogP) is 15.3. The molecule has 0 unspecified atom stereocenters. The molecule has 6 aromatic rings. The number of hydrogen-bond donors (Lipinski definition) is 1. The number of aryl methyl sites for hydroxylation is 3. The second-order valence-electron chi connectivity index (χ2n) is 13.7. The summed E-state index contributed by atoms with van der Waals surface area (Å²) in [5.74, 6) is 1.09. The molecule has 1 fully saturated rings. The Kier molecular flexibility index (Phi) is 27.2. The van der Waals surface area contributed by atoms with E-state index in [1.165, 1.54) is 104 Å². The molecule has 0 radical (unpaired) electrons. The Morgan fingerprint density at radius 2 is 1.00 bits per heavy atom. The molecule has 0 saturated heterocycles. The summed E-state index contributed by atoms with van der Waals surface area (Å²) in [6.45, 7) is 12.4. The zero-order chi connectivity index (χ0) is 38.7. The lowest BCUT2D eigenvalue weighted by atomic mass is 9.88. The Hall–Kier alpha value is -4.40. The van der Waals surface area contributed by atoms with Gasteiger partial charge in [-0.15, -0.1) is 0 Å². The SMILES string of the molecule is CCC1CCCCC1.CCCCc1ccccc1.CCCc1ccccc1.CCOCc1ccccc1.CCc1c[nH]c2ccccc12.c1ccccc1. The van der Waals surface area contributed by atoms with Crippen LogP contribution in [-0.4, -0.2) is 11.6 Å². The lowest BCUT2D eigenvalue weighted by Gasteiger charge is -2.18. The molecular weight excluding hydrogens is 655 g/mol. The number of rotatable bonds is 10. The zero-order valence-corrected chi connectivity index (χ0v) is 34.4. The van der Waals surface area contributed by atoms with Crippen LogP contribution in [0.4, 0.5) is 0 Å². The highest BCUT2D eigenvalue weighted by atomic mass is 16.5. The first-order chi connectivity index (χ1) is 26.6. The first kappa shape index (κ1) is 45.8. The maximum absolute atomic E-state index is 5.22. The number of para-hydroxylation sites is 1. The number of fused-ring (bicyclic) bond motifs is 1. The van der Waals surface area contributed by atoms with Crippen molar-refractivity contribution in [2.45, 2.75) is 118 Å². The number of ether oxygens (including phenoxy) is 1.